The number of hydrogen-bond donors (Lipinski definition) is 2. The van der Waals surface area contributed by atoms with Crippen molar-refractivity contribution in [2.75, 3.05) is 25.7 Å². The van der Waals surface area contributed by atoms with Crippen molar-refractivity contribution >= 4 is 34.4 Å². The van der Waals surface area contributed by atoms with Gasteiger partial charge in [0.1, 0.15) is 6.04 Å². The summed E-state index contributed by atoms with van der Waals surface area (Å²) in [5.74, 6) is 0.876. The molecule has 0 heterocycles. The molecule has 0 aliphatic heterocycles. The van der Waals surface area contributed by atoms with Crippen molar-refractivity contribution in [3.8, 4) is 0 Å². The summed E-state index contributed by atoms with van der Waals surface area (Å²) in [5.41, 5.74) is 2.60. The number of carbonyl (C=O) groups is 2. The maximum absolute atomic E-state index is 12.3. The third-order valence-electron chi connectivity index (χ3n) is 5.05. The number of nitrogens with one attached hydrogen (secondary N) is 2. The van der Waals surface area contributed by atoms with E-state index in [1.54, 1.807) is 11.8 Å². The summed E-state index contributed by atoms with van der Waals surface area (Å²) in [4.78, 5) is 24.1. The normalized spacial score (nSPS) is 14.6. The Kier molecular flexibility index (Phi) is 7.34. The van der Waals surface area contributed by atoms with Gasteiger partial charge in [-0.15, -0.1) is 0 Å². The van der Waals surface area contributed by atoms with Gasteiger partial charge in [0.05, 0.1) is 13.7 Å². The zero-order valence-corrected chi connectivity index (χ0v) is 17.3. The van der Waals surface area contributed by atoms with Gasteiger partial charge in [0, 0.05) is 6.54 Å². The van der Waals surface area contributed by atoms with E-state index in [1.807, 2.05) is 12.3 Å². The Morgan fingerprint density at radius 1 is 1.25 bits per heavy atom. The van der Waals surface area contributed by atoms with Crippen molar-refractivity contribution in [2.24, 2.45) is 0 Å². The molecule has 1 aliphatic rings. The first kappa shape index (κ1) is 20.7. The van der Waals surface area contributed by atoms with Gasteiger partial charge in [-0.05, 0) is 59.1 Å². The van der Waals surface area contributed by atoms with Crippen molar-refractivity contribution < 1.29 is 14.3 Å². The van der Waals surface area contributed by atoms with Gasteiger partial charge in [-0.25, -0.2) is 4.79 Å². The number of methoxy groups -OCH3 is 1. The van der Waals surface area contributed by atoms with E-state index in [0.717, 1.165) is 5.75 Å². The van der Waals surface area contributed by atoms with E-state index in [0.29, 0.717) is 18.9 Å². The third-order valence-corrected chi connectivity index (χ3v) is 5.70. The van der Waals surface area contributed by atoms with E-state index in [-0.39, 0.29) is 12.5 Å². The van der Waals surface area contributed by atoms with Gasteiger partial charge in [-0.1, -0.05) is 36.4 Å². The minimum Gasteiger partial charge on any atom is -0.467 e. The number of rotatable bonds is 10. The van der Waals surface area contributed by atoms with Gasteiger partial charge < -0.3 is 15.4 Å². The van der Waals surface area contributed by atoms with E-state index in [4.69, 9.17) is 4.74 Å². The molecule has 2 aromatic rings. The molecule has 0 spiro atoms. The van der Waals surface area contributed by atoms with Crippen molar-refractivity contribution in [1.82, 2.24) is 10.6 Å². The molecule has 2 N–H and O–H groups in total. The number of esters is 1. The zero-order chi connectivity index (χ0) is 19.9. The van der Waals surface area contributed by atoms with Crippen molar-refractivity contribution in [3.63, 3.8) is 0 Å². The molecule has 3 rings (SSSR count). The molecule has 1 fully saturated rings. The Morgan fingerprint density at radius 3 is 2.75 bits per heavy atom. The molecule has 1 unspecified atom stereocenters. The smallest absolute Gasteiger partial charge is 0.328 e. The molecule has 5 nitrogen and oxygen atoms in total. The molecule has 6 heteroatoms. The maximum Gasteiger partial charge on any atom is 0.328 e. The van der Waals surface area contributed by atoms with Crippen LogP contribution >= 0.6 is 11.8 Å². The van der Waals surface area contributed by atoms with Crippen LogP contribution in [0.25, 0.3) is 10.8 Å². The van der Waals surface area contributed by atoms with Crippen LogP contribution in [0, 0.1) is 0 Å². The van der Waals surface area contributed by atoms with Crippen LogP contribution in [0.1, 0.15) is 36.3 Å². The molecule has 1 aliphatic carbocycles. The highest BCUT2D eigenvalue weighted by molar-refractivity contribution is 7.98. The first-order chi connectivity index (χ1) is 13.6. The van der Waals surface area contributed by atoms with Gasteiger partial charge in [0.25, 0.3) is 0 Å². The number of thioether (sulfide) groups is 1. The van der Waals surface area contributed by atoms with Gasteiger partial charge in [-0.3, -0.25) is 4.79 Å². The fourth-order valence-corrected chi connectivity index (χ4v) is 3.87. The quantitative estimate of drug-likeness (QED) is 0.600. The lowest BCUT2D eigenvalue weighted by molar-refractivity contribution is -0.145. The van der Waals surface area contributed by atoms with Crippen LogP contribution < -0.4 is 10.6 Å². The highest BCUT2D eigenvalue weighted by atomic mass is 32.2. The second-order valence-electron chi connectivity index (χ2n) is 7.20. The molecule has 150 valence electrons. The predicted octanol–water partition coefficient (Wildman–Crippen LogP) is 3.22. The summed E-state index contributed by atoms with van der Waals surface area (Å²) in [7, 11) is 1.34. The van der Waals surface area contributed by atoms with E-state index in [1.165, 1.54) is 41.9 Å². The molecular formula is C22H28N2O3S. The van der Waals surface area contributed by atoms with E-state index >= 15 is 0 Å². The summed E-state index contributed by atoms with van der Waals surface area (Å²) in [6.07, 6.45) is 5.06. The number of carbonyl (C=O) groups excluding carboxylic acids is 2. The van der Waals surface area contributed by atoms with Gasteiger partial charge in [0.15, 0.2) is 0 Å². The summed E-state index contributed by atoms with van der Waals surface area (Å²) in [6, 6.07) is 12.3. The summed E-state index contributed by atoms with van der Waals surface area (Å²) >= 11 is 1.64. The summed E-state index contributed by atoms with van der Waals surface area (Å²) < 4.78 is 4.79. The van der Waals surface area contributed by atoms with Gasteiger partial charge >= 0.3 is 5.97 Å². The van der Waals surface area contributed by atoms with Crippen LogP contribution in [0.3, 0.4) is 0 Å². The first-order valence-electron chi connectivity index (χ1n) is 9.70. The number of ether oxygens (including phenoxy) is 1. The SMILES string of the molecule is COC(=O)C(CCSC)NC(=O)CNCc1cc(C2CC2)cc2ccccc12. The zero-order valence-electron chi connectivity index (χ0n) is 16.5. The van der Waals surface area contributed by atoms with Crippen LogP contribution in [0.2, 0.25) is 0 Å². The highest BCUT2D eigenvalue weighted by Gasteiger charge is 2.24. The van der Waals surface area contributed by atoms with Crippen molar-refractivity contribution in [1.29, 1.82) is 0 Å². The Labute approximate surface area is 170 Å². The van der Waals surface area contributed by atoms with E-state index < -0.39 is 12.0 Å². The van der Waals surface area contributed by atoms with Crippen LogP contribution in [0.4, 0.5) is 0 Å². The maximum atomic E-state index is 12.3. The highest BCUT2D eigenvalue weighted by Crippen LogP contribution is 2.41. The largest absolute Gasteiger partial charge is 0.467 e. The average Bonchev–Trinajstić information content (AvgIpc) is 3.55. The Morgan fingerprint density at radius 2 is 2.04 bits per heavy atom. The number of benzene rings is 2. The second-order valence-corrected chi connectivity index (χ2v) is 8.19. The molecule has 1 atom stereocenters. The molecule has 1 saturated carbocycles. The Bertz CT molecular complexity index is 836. The Balaban J connectivity index is 1.59. The average molecular weight is 401 g/mol. The topological polar surface area (TPSA) is 67.4 Å². The molecular weight excluding hydrogens is 372 g/mol. The van der Waals surface area contributed by atoms with Crippen LogP contribution in [0.5, 0.6) is 0 Å². The second kappa shape index (κ2) is 9.94. The fourth-order valence-electron chi connectivity index (χ4n) is 3.40. The molecule has 0 saturated heterocycles. The fraction of sp³-hybridized carbons (Fsp3) is 0.455. The minimum absolute atomic E-state index is 0.161. The molecule has 1 amide bonds. The molecule has 0 radical (unpaired) electrons. The molecule has 28 heavy (non-hydrogen) atoms. The van der Waals surface area contributed by atoms with Gasteiger partial charge in [0.2, 0.25) is 5.91 Å². The number of hydrogen-bond acceptors (Lipinski definition) is 5. The number of fused-ring (bicyclic) bond motifs is 1. The minimum atomic E-state index is -0.592. The van der Waals surface area contributed by atoms with Gasteiger partial charge in [-0.2, -0.15) is 11.8 Å². The lowest BCUT2D eigenvalue weighted by atomic mass is 9.98. The predicted molar refractivity (Wildman–Crippen MR) is 115 cm³/mol. The lowest BCUT2D eigenvalue weighted by Crippen LogP contribution is -2.45. The summed E-state index contributed by atoms with van der Waals surface area (Å²) in [6.45, 7) is 0.775. The standard InChI is InChI=1S/C22H28N2O3S/c1-27-22(26)20(9-10-28-2)24-21(25)14-23-13-18-12-17(15-7-8-15)11-16-5-3-4-6-19(16)18/h3-6,11-12,15,20,23H,7-10,13-14H2,1-2H3,(H,24,25). The van der Waals surface area contributed by atoms with E-state index in [9.17, 15) is 9.59 Å². The first-order valence-corrected chi connectivity index (χ1v) is 11.1. The number of amides is 1. The lowest BCUT2D eigenvalue weighted by Gasteiger charge is -2.16. The molecule has 0 aromatic heterocycles. The summed E-state index contributed by atoms with van der Waals surface area (Å²) in [5, 5.41) is 8.47. The molecule has 2 aromatic carbocycles. The van der Waals surface area contributed by atoms with Crippen molar-refractivity contribution in [2.45, 2.75) is 37.8 Å². The molecule has 0 bridgehead atoms. The third kappa shape index (κ3) is 5.49. The van der Waals surface area contributed by atoms with Crippen molar-refractivity contribution in [3.05, 3.63) is 47.5 Å². The van der Waals surface area contributed by atoms with Crippen LogP contribution in [-0.4, -0.2) is 43.6 Å². The monoisotopic (exact) mass is 400 g/mol. The van der Waals surface area contributed by atoms with Crippen LogP contribution in [0.15, 0.2) is 36.4 Å². The van der Waals surface area contributed by atoms with E-state index in [2.05, 4.69) is 41.0 Å². The van der Waals surface area contributed by atoms with Crippen LogP contribution in [-0.2, 0) is 20.9 Å². The Hall–Kier alpha value is -2.05.